The van der Waals surface area contributed by atoms with Crippen molar-refractivity contribution in [2.24, 2.45) is 5.41 Å². The highest BCUT2D eigenvalue weighted by molar-refractivity contribution is 7.99. The Morgan fingerprint density at radius 2 is 1.94 bits per heavy atom. The molecule has 90 valence electrons. The summed E-state index contributed by atoms with van der Waals surface area (Å²) >= 11 is 1.96. The second-order valence-corrected chi connectivity index (χ2v) is 5.77. The van der Waals surface area contributed by atoms with Crippen molar-refractivity contribution in [2.75, 3.05) is 19.3 Å². The van der Waals surface area contributed by atoms with Crippen molar-refractivity contribution < 1.29 is 0 Å². The summed E-state index contributed by atoms with van der Waals surface area (Å²) in [7, 11) is 2.04. The van der Waals surface area contributed by atoms with Gasteiger partial charge in [-0.05, 0) is 43.2 Å². The molecule has 1 atom stereocenters. The van der Waals surface area contributed by atoms with Crippen LogP contribution in [0, 0.1) is 5.41 Å². The normalized spacial score (nSPS) is 14.7. The summed E-state index contributed by atoms with van der Waals surface area (Å²) < 4.78 is 0. The molecule has 1 unspecified atom stereocenters. The maximum absolute atomic E-state index is 3.30. The first-order valence-corrected chi connectivity index (χ1v) is 7.01. The molecule has 0 aliphatic heterocycles. The predicted molar refractivity (Wildman–Crippen MR) is 74.1 cm³/mol. The van der Waals surface area contributed by atoms with Crippen molar-refractivity contribution in [1.82, 2.24) is 5.32 Å². The fourth-order valence-electron chi connectivity index (χ4n) is 1.75. The smallest absolute Gasteiger partial charge is 0.00719 e. The van der Waals surface area contributed by atoms with Gasteiger partial charge in [-0.15, -0.1) is 11.8 Å². The summed E-state index contributed by atoms with van der Waals surface area (Å²) in [6.07, 6.45) is 2.51. The third kappa shape index (κ3) is 4.58. The van der Waals surface area contributed by atoms with Crippen LogP contribution in [0.4, 0.5) is 0 Å². The van der Waals surface area contributed by atoms with E-state index < -0.39 is 0 Å². The Kier molecular flexibility index (Phi) is 5.93. The highest BCUT2D eigenvalue weighted by Gasteiger charge is 2.20. The number of thioether (sulfide) groups is 1. The van der Waals surface area contributed by atoms with Crippen LogP contribution in [-0.2, 0) is 0 Å². The van der Waals surface area contributed by atoms with E-state index in [0.717, 1.165) is 6.54 Å². The SMILES string of the molecule is CCC(C)(CCSc1ccccc1)CNC. The molecule has 1 aromatic carbocycles. The highest BCUT2D eigenvalue weighted by atomic mass is 32.2. The van der Waals surface area contributed by atoms with Gasteiger partial charge in [-0.25, -0.2) is 0 Å². The Hall–Kier alpha value is -0.470. The molecule has 0 aliphatic carbocycles. The van der Waals surface area contributed by atoms with Crippen LogP contribution in [0.25, 0.3) is 0 Å². The van der Waals surface area contributed by atoms with Crippen LogP contribution in [0.2, 0.25) is 0 Å². The van der Waals surface area contributed by atoms with Crippen molar-refractivity contribution in [3.05, 3.63) is 30.3 Å². The minimum Gasteiger partial charge on any atom is -0.319 e. The van der Waals surface area contributed by atoms with Crippen molar-refractivity contribution in [1.29, 1.82) is 0 Å². The maximum Gasteiger partial charge on any atom is 0.00719 e. The number of nitrogens with one attached hydrogen (secondary N) is 1. The fraction of sp³-hybridized carbons (Fsp3) is 0.571. The minimum absolute atomic E-state index is 0.441. The van der Waals surface area contributed by atoms with Crippen LogP contribution >= 0.6 is 11.8 Å². The van der Waals surface area contributed by atoms with Crippen LogP contribution in [0.15, 0.2) is 35.2 Å². The molecule has 0 bridgehead atoms. The lowest BCUT2D eigenvalue weighted by Crippen LogP contribution is -2.29. The van der Waals surface area contributed by atoms with E-state index in [1.54, 1.807) is 0 Å². The molecule has 0 saturated carbocycles. The molecular formula is C14H23NS. The molecule has 0 radical (unpaired) electrons. The molecule has 16 heavy (non-hydrogen) atoms. The summed E-state index contributed by atoms with van der Waals surface area (Å²) in [6.45, 7) is 5.76. The van der Waals surface area contributed by atoms with Gasteiger partial charge in [0.05, 0.1) is 0 Å². The van der Waals surface area contributed by atoms with Crippen LogP contribution in [0.3, 0.4) is 0 Å². The third-order valence-corrected chi connectivity index (χ3v) is 4.19. The first-order chi connectivity index (χ1) is 7.70. The van der Waals surface area contributed by atoms with Crippen LogP contribution in [0.5, 0.6) is 0 Å². The largest absolute Gasteiger partial charge is 0.319 e. The molecule has 0 spiro atoms. The van der Waals surface area contributed by atoms with E-state index in [4.69, 9.17) is 0 Å². The van der Waals surface area contributed by atoms with E-state index in [1.807, 2.05) is 18.8 Å². The average Bonchev–Trinajstić information content (AvgIpc) is 2.31. The van der Waals surface area contributed by atoms with E-state index in [-0.39, 0.29) is 0 Å². The first kappa shape index (κ1) is 13.6. The number of hydrogen-bond donors (Lipinski definition) is 1. The maximum atomic E-state index is 3.30. The Labute approximate surface area is 104 Å². The van der Waals surface area contributed by atoms with Gasteiger partial charge in [0.1, 0.15) is 0 Å². The second kappa shape index (κ2) is 6.97. The van der Waals surface area contributed by atoms with E-state index in [0.29, 0.717) is 5.41 Å². The van der Waals surface area contributed by atoms with Gasteiger partial charge in [0.15, 0.2) is 0 Å². The molecule has 0 saturated heterocycles. The monoisotopic (exact) mass is 237 g/mol. The standard InChI is InChI=1S/C14H23NS/c1-4-14(2,12-15-3)10-11-16-13-8-6-5-7-9-13/h5-9,15H,4,10-12H2,1-3H3. The summed E-state index contributed by atoms with van der Waals surface area (Å²) in [5, 5.41) is 3.30. The topological polar surface area (TPSA) is 12.0 Å². The molecule has 1 rings (SSSR count). The molecule has 0 aromatic heterocycles. The lowest BCUT2D eigenvalue weighted by molar-refractivity contribution is 0.292. The van der Waals surface area contributed by atoms with Gasteiger partial charge in [-0.2, -0.15) is 0 Å². The Bertz CT molecular complexity index is 286. The van der Waals surface area contributed by atoms with Crippen molar-refractivity contribution in [2.45, 2.75) is 31.6 Å². The average molecular weight is 237 g/mol. The van der Waals surface area contributed by atoms with Gasteiger partial charge >= 0.3 is 0 Å². The van der Waals surface area contributed by atoms with Gasteiger partial charge in [-0.1, -0.05) is 32.0 Å². The van der Waals surface area contributed by atoms with Crippen LogP contribution < -0.4 is 5.32 Å². The molecule has 1 aromatic rings. The van der Waals surface area contributed by atoms with Gasteiger partial charge < -0.3 is 5.32 Å². The molecule has 0 fully saturated rings. The second-order valence-electron chi connectivity index (χ2n) is 4.61. The van der Waals surface area contributed by atoms with Crippen LogP contribution in [0.1, 0.15) is 26.7 Å². The van der Waals surface area contributed by atoms with E-state index in [1.165, 1.54) is 23.5 Å². The summed E-state index contributed by atoms with van der Waals surface area (Å²) in [4.78, 5) is 1.38. The van der Waals surface area contributed by atoms with Crippen LogP contribution in [-0.4, -0.2) is 19.3 Å². The van der Waals surface area contributed by atoms with Gasteiger partial charge in [0.25, 0.3) is 0 Å². The molecule has 0 heterocycles. The Balaban J connectivity index is 2.34. The minimum atomic E-state index is 0.441. The highest BCUT2D eigenvalue weighted by Crippen LogP contribution is 2.29. The lowest BCUT2D eigenvalue weighted by atomic mass is 9.85. The predicted octanol–water partition coefficient (Wildman–Crippen LogP) is 3.80. The molecule has 0 aliphatic rings. The molecule has 1 N–H and O–H groups in total. The molecular weight excluding hydrogens is 214 g/mol. The number of rotatable bonds is 7. The lowest BCUT2D eigenvalue weighted by Gasteiger charge is -2.27. The number of benzene rings is 1. The van der Waals surface area contributed by atoms with Crippen molar-refractivity contribution in [3.63, 3.8) is 0 Å². The zero-order valence-electron chi connectivity index (χ0n) is 10.6. The van der Waals surface area contributed by atoms with Gasteiger partial charge in [-0.3, -0.25) is 0 Å². The van der Waals surface area contributed by atoms with E-state index in [9.17, 15) is 0 Å². The Morgan fingerprint density at radius 1 is 1.25 bits per heavy atom. The quantitative estimate of drug-likeness (QED) is 0.724. The molecule has 1 nitrogen and oxygen atoms in total. The molecule has 0 amide bonds. The third-order valence-electron chi connectivity index (χ3n) is 3.17. The zero-order chi connectivity index (χ0) is 11.9. The van der Waals surface area contributed by atoms with Gasteiger partial charge in [0, 0.05) is 11.4 Å². The number of hydrogen-bond acceptors (Lipinski definition) is 2. The summed E-state index contributed by atoms with van der Waals surface area (Å²) in [5.74, 6) is 1.20. The first-order valence-electron chi connectivity index (χ1n) is 6.02. The van der Waals surface area contributed by atoms with Crippen molar-refractivity contribution in [3.8, 4) is 0 Å². The Morgan fingerprint density at radius 3 is 2.50 bits per heavy atom. The zero-order valence-corrected chi connectivity index (χ0v) is 11.4. The van der Waals surface area contributed by atoms with Crippen molar-refractivity contribution >= 4 is 11.8 Å². The summed E-state index contributed by atoms with van der Waals surface area (Å²) in [5.41, 5.74) is 0.441. The molecule has 2 heteroatoms. The van der Waals surface area contributed by atoms with E-state index in [2.05, 4.69) is 49.5 Å². The van der Waals surface area contributed by atoms with Gasteiger partial charge in [0.2, 0.25) is 0 Å². The summed E-state index contributed by atoms with van der Waals surface area (Å²) in [6, 6.07) is 10.7. The fourth-order valence-corrected chi connectivity index (χ4v) is 2.93. The van der Waals surface area contributed by atoms with E-state index >= 15 is 0 Å².